The molecule has 19 nitrogen and oxygen atoms in total. The summed E-state index contributed by atoms with van der Waals surface area (Å²) in [7, 11) is 0. The SMILES string of the molecule is Cc1ncsc1-c1ccc([C@H](C)NC(=O)[C@@H]2C[C@@H](O)CN2C(=O)[C@@H](NC(=O)c2cc3cc(O[C@H]4C[C@H](NC(=O)C5CCN(c6ccc(C7=N[C@@H](CC(=O)O)c8nnc(C)n8-c8sc(C)c(C)c87)cc6)CC5)C4)ccc3o2)C(C)(C)C)cc1. The van der Waals surface area contributed by atoms with Crippen LogP contribution in [0, 0.1) is 39.0 Å². The van der Waals surface area contributed by atoms with E-state index < -0.39 is 53.3 Å². The molecule has 1 saturated carbocycles. The van der Waals surface area contributed by atoms with Crippen LogP contribution < -0.4 is 25.6 Å². The maximum atomic E-state index is 14.4. The average molecular weight is 1150 g/mol. The third kappa shape index (κ3) is 11.3. The summed E-state index contributed by atoms with van der Waals surface area (Å²) in [5, 5.41) is 40.1. The Balaban J connectivity index is 0.655. The van der Waals surface area contributed by atoms with E-state index in [1.807, 2.05) is 88.0 Å². The Bertz CT molecular complexity index is 3620. The number of carboxylic acid groups (broad SMARTS) is 1. The molecule has 21 heteroatoms. The second-order valence-corrected chi connectivity index (χ2v) is 25.4. The van der Waals surface area contributed by atoms with Gasteiger partial charge in [-0.1, -0.05) is 57.2 Å². The Morgan fingerprint density at radius 1 is 0.878 bits per heavy atom. The van der Waals surface area contributed by atoms with Gasteiger partial charge in [-0.3, -0.25) is 33.5 Å². The molecule has 11 rings (SSSR count). The van der Waals surface area contributed by atoms with Crippen LogP contribution in [0.3, 0.4) is 0 Å². The Kier molecular flexibility index (Phi) is 15.4. The highest BCUT2D eigenvalue weighted by atomic mass is 32.1. The normalized spacial score (nSPS) is 20.7. The number of anilines is 1. The minimum Gasteiger partial charge on any atom is -0.490 e. The van der Waals surface area contributed by atoms with Crippen LogP contribution in [-0.4, -0.2) is 120 Å². The summed E-state index contributed by atoms with van der Waals surface area (Å²) in [6, 6.07) is 20.0. The summed E-state index contributed by atoms with van der Waals surface area (Å²) in [5.41, 5.74) is 9.10. The van der Waals surface area contributed by atoms with E-state index in [0.717, 1.165) is 72.8 Å². The standard InChI is InChI=1S/C61H68N10O9S2/c1-31-34(4)82-60-51(31)52(65-46(28-50(73)74)55-68-67-35(5)71(55)60)37-13-15-42(16-14-37)69-21-19-39(20-22-69)56(75)64-41-25-45(26-41)79-44-17-18-48-40(23-44)24-49(80-48)58(77)66-54(61(6,7)8)59(78)70-29-43(72)27-47(70)57(76)63-32(2)36-9-11-38(12-10-36)53-33(3)62-30-81-53/h9-18,23-24,30,32,39,41,43,45-47,54,72H,19-22,25-29H2,1-8H3,(H,63,76)(H,64,75)(H,66,77)(H,73,74)/t32-,41-,43+,45-,46-,47-,54+/m0/s1. The molecular weight excluding hydrogens is 1080 g/mol. The Morgan fingerprint density at radius 3 is 2.28 bits per heavy atom. The number of aliphatic carboxylic acids is 1. The molecule has 4 aliphatic rings. The molecule has 4 aromatic heterocycles. The number of carbonyl (C=O) groups excluding carboxylic acids is 4. The van der Waals surface area contributed by atoms with E-state index in [0.29, 0.717) is 54.1 Å². The number of fused-ring (bicyclic) bond motifs is 4. The molecule has 82 heavy (non-hydrogen) atoms. The number of aliphatic hydroxyl groups is 1. The molecule has 3 aliphatic heterocycles. The summed E-state index contributed by atoms with van der Waals surface area (Å²) in [4.78, 5) is 83.0. The number of nitrogens with zero attached hydrogens (tertiary/aromatic N) is 7. The average Bonchev–Trinajstić information content (AvgIpc) is 3.14. The number of benzene rings is 3. The molecule has 0 spiro atoms. The number of β-amino-alcohol motifs (C(OH)–C–C–N with tert-alkyl or cyclic N) is 1. The van der Waals surface area contributed by atoms with Gasteiger partial charge in [0.05, 0.1) is 40.4 Å². The number of thiazole rings is 1. The zero-order valence-corrected chi connectivity index (χ0v) is 48.8. The number of thiophene rings is 1. The second-order valence-electron chi connectivity index (χ2n) is 23.3. The first kappa shape index (κ1) is 56.1. The molecule has 5 N–H and O–H groups in total. The van der Waals surface area contributed by atoms with Gasteiger partial charge in [-0.05, 0) is 106 Å². The highest BCUT2D eigenvalue weighted by Gasteiger charge is 2.45. The maximum Gasteiger partial charge on any atom is 0.306 e. The van der Waals surface area contributed by atoms with Gasteiger partial charge in [0.2, 0.25) is 17.7 Å². The van der Waals surface area contributed by atoms with Crippen molar-refractivity contribution in [3.05, 3.63) is 129 Å². The van der Waals surface area contributed by atoms with Gasteiger partial charge in [-0.2, -0.15) is 0 Å². The van der Waals surface area contributed by atoms with Gasteiger partial charge in [0.1, 0.15) is 46.4 Å². The van der Waals surface area contributed by atoms with E-state index in [9.17, 15) is 34.2 Å². The summed E-state index contributed by atoms with van der Waals surface area (Å²) in [5.74, 6) is -0.682. The highest BCUT2D eigenvalue weighted by molar-refractivity contribution is 7.15. The van der Waals surface area contributed by atoms with Crippen molar-refractivity contribution in [1.29, 1.82) is 0 Å². The summed E-state index contributed by atoms with van der Waals surface area (Å²) in [6.45, 7) is 16.7. The molecule has 7 heterocycles. The molecule has 3 fully saturated rings. The lowest BCUT2D eigenvalue weighted by Gasteiger charge is -2.38. The number of carboxylic acids is 1. The van der Waals surface area contributed by atoms with Crippen molar-refractivity contribution in [3.63, 3.8) is 0 Å². The van der Waals surface area contributed by atoms with Gasteiger partial charge >= 0.3 is 5.97 Å². The summed E-state index contributed by atoms with van der Waals surface area (Å²) >= 11 is 3.20. The van der Waals surface area contributed by atoms with E-state index >= 15 is 0 Å². The number of aliphatic hydroxyl groups excluding tert-OH is 1. The van der Waals surface area contributed by atoms with Crippen LogP contribution in [0.2, 0.25) is 0 Å². The molecule has 4 amide bonds. The number of likely N-dealkylation sites (tertiary alicyclic amines) is 1. The number of carbonyl (C=O) groups is 5. The number of aryl methyl sites for hydroxylation is 3. The number of aliphatic imine (C=N–C) groups is 1. The Morgan fingerprint density at radius 2 is 1.60 bits per heavy atom. The van der Waals surface area contributed by atoms with Gasteiger partial charge in [0.15, 0.2) is 11.6 Å². The number of furan rings is 1. The second kappa shape index (κ2) is 22.5. The molecule has 1 aliphatic carbocycles. The topological polar surface area (TPSA) is 247 Å². The molecular formula is C61H68N10O9S2. The monoisotopic (exact) mass is 1150 g/mol. The third-order valence-electron chi connectivity index (χ3n) is 16.5. The first-order valence-electron chi connectivity index (χ1n) is 28.0. The van der Waals surface area contributed by atoms with E-state index in [1.165, 1.54) is 4.90 Å². The third-order valence-corrected chi connectivity index (χ3v) is 18.6. The first-order chi connectivity index (χ1) is 39.2. The van der Waals surface area contributed by atoms with Crippen molar-refractivity contribution in [2.45, 2.75) is 136 Å². The van der Waals surface area contributed by atoms with Crippen molar-refractivity contribution in [3.8, 4) is 21.2 Å². The Labute approximate surface area is 483 Å². The largest absolute Gasteiger partial charge is 0.490 e. The zero-order valence-electron chi connectivity index (χ0n) is 47.2. The van der Waals surface area contributed by atoms with Crippen LogP contribution >= 0.6 is 22.7 Å². The number of ether oxygens (including phenoxy) is 1. The fraction of sp³-hybridized carbons (Fsp3) is 0.426. The molecule has 3 aromatic carbocycles. The molecule has 0 bridgehead atoms. The zero-order chi connectivity index (χ0) is 57.9. The lowest BCUT2D eigenvalue weighted by atomic mass is 9.85. The Hall–Kier alpha value is -7.75. The molecule has 5 atom stereocenters. The van der Waals surface area contributed by atoms with E-state index in [4.69, 9.17) is 14.1 Å². The van der Waals surface area contributed by atoms with Gasteiger partial charge in [-0.15, -0.1) is 32.9 Å². The van der Waals surface area contributed by atoms with Gasteiger partial charge in [0, 0.05) is 77.9 Å². The van der Waals surface area contributed by atoms with Crippen molar-refractivity contribution in [2.24, 2.45) is 16.3 Å². The smallest absolute Gasteiger partial charge is 0.306 e. The van der Waals surface area contributed by atoms with Crippen LogP contribution in [0.4, 0.5) is 5.69 Å². The van der Waals surface area contributed by atoms with Crippen molar-refractivity contribution >= 4 is 74.6 Å². The maximum absolute atomic E-state index is 14.4. The van der Waals surface area contributed by atoms with Crippen LogP contribution in [0.1, 0.15) is 133 Å². The minimum absolute atomic E-state index is 0.00530. The van der Waals surface area contributed by atoms with E-state index in [-0.39, 0.29) is 55.2 Å². The number of rotatable bonds is 15. The van der Waals surface area contributed by atoms with Crippen molar-refractivity contribution in [1.82, 2.24) is 40.6 Å². The number of nitrogens with one attached hydrogen (secondary N) is 3. The van der Waals surface area contributed by atoms with Crippen LogP contribution in [-0.2, 0) is 19.2 Å². The molecule has 2 saturated heterocycles. The van der Waals surface area contributed by atoms with Crippen LogP contribution in [0.15, 0.2) is 87.7 Å². The van der Waals surface area contributed by atoms with E-state index in [1.54, 1.807) is 46.9 Å². The predicted molar refractivity (Wildman–Crippen MR) is 313 cm³/mol. The summed E-state index contributed by atoms with van der Waals surface area (Å²) in [6.07, 6.45) is 1.56. The fourth-order valence-corrected chi connectivity index (χ4v) is 13.7. The van der Waals surface area contributed by atoms with Crippen molar-refractivity contribution in [2.75, 3.05) is 24.5 Å². The highest BCUT2D eigenvalue weighted by Crippen LogP contribution is 2.41. The summed E-state index contributed by atoms with van der Waals surface area (Å²) < 4.78 is 14.3. The molecule has 428 valence electrons. The molecule has 0 unspecified atom stereocenters. The predicted octanol–water partition coefficient (Wildman–Crippen LogP) is 8.73. The fourth-order valence-electron chi connectivity index (χ4n) is 11.6. The first-order valence-corrected chi connectivity index (χ1v) is 29.7. The molecule has 0 radical (unpaired) electrons. The van der Waals surface area contributed by atoms with Crippen LogP contribution in [0.25, 0.3) is 26.4 Å². The van der Waals surface area contributed by atoms with E-state index in [2.05, 4.69) is 62.0 Å². The lowest BCUT2D eigenvalue weighted by molar-refractivity contribution is -0.142. The minimum atomic E-state index is -1.06. The number of hydrogen-bond acceptors (Lipinski definition) is 15. The van der Waals surface area contributed by atoms with Gasteiger partial charge < -0.3 is 45.1 Å². The van der Waals surface area contributed by atoms with Crippen molar-refractivity contribution < 1.29 is 43.3 Å². The lowest BCUT2D eigenvalue weighted by Crippen LogP contribution is -2.57. The van der Waals surface area contributed by atoms with Gasteiger partial charge in [0.25, 0.3) is 5.91 Å². The molecule has 7 aromatic rings. The number of aromatic nitrogens is 4. The number of hydrogen-bond donors (Lipinski definition) is 5. The van der Waals surface area contributed by atoms with Gasteiger partial charge in [-0.25, -0.2) is 4.98 Å². The quantitative estimate of drug-likeness (QED) is 0.0645. The number of amides is 4. The van der Waals surface area contributed by atoms with Crippen LogP contribution in [0.5, 0.6) is 5.75 Å². The number of piperidine rings is 1.